The van der Waals surface area contributed by atoms with Gasteiger partial charge >= 0.3 is 0 Å². The van der Waals surface area contributed by atoms with Crippen molar-refractivity contribution in [1.29, 1.82) is 0 Å². The van der Waals surface area contributed by atoms with Crippen LogP contribution in [-0.2, 0) is 4.79 Å². The molecular weight excluding hydrogens is 304 g/mol. The molecule has 2 amide bonds. The number of amides is 2. The van der Waals surface area contributed by atoms with Gasteiger partial charge in [0, 0.05) is 45.0 Å². The molecule has 1 aliphatic carbocycles. The summed E-state index contributed by atoms with van der Waals surface area (Å²) in [6.45, 7) is 2.39. The predicted octanol–water partition coefficient (Wildman–Crippen LogP) is 2.12. The van der Waals surface area contributed by atoms with E-state index in [1.54, 1.807) is 11.1 Å². The molecule has 1 aromatic heterocycles. The van der Waals surface area contributed by atoms with E-state index in [2.05, 4.69) is 9.97 Å². The number of hydrogen-bond acceptors (Lipinski definition) is 4. The molecule has 2 aliphatic rings. The lowest BCUT2D eigenvalue weighted by Crippen LogP contribution is -2.50. The van der Waals surface area contributed by atoms with Crippen molar-refractivity contribution in [3.63, 3.8) is 0 Å². The number of aromatic nitrogens is 2. The van der Waals surface area contributed by atoms with Crippen molar-refractivity contribution in [2.45, 2.75) is 44.9 Å². The van der Waals surface area contributed by atoms with Gasteiger partial charge in [0.15, 0.2) is 0 Å². The van der Waals surface area contributed by atoms with Crippen LogP contribution in [-0.4, -0.2) is 57.8 Å². The summed E-state index contributed by atoms with van der Waals surface area (Å²) in [5.74, 6) is 0.881. The van der Waals surface area contributed by atoms with Gasteiger partial charge in [0.05, 0.1) is 6.20 Å². The van der Waals surface area contributed by atoms with Crippen molar-refractivity contribution in [2.75, 3.05) is 26.2 Å². The number of carbonyl (C=O) groups excluding carboxylic acids is 2. The summed E-state index contributed by atoms with van der Waals surface area (Å²) in [7, 11) is 0. The average Bonchev–Trinajstić information content (AvgIpc) is 2.67. The molecule has 3 rings (SSSR count). The van der Waals surface area contributed by atoms with Gasteiger partial charge in [-0.3, -0.25) is 14.6 Å². The Kier molecular flexibility index (Phi) is 5.77. The number of piperazine rings is 1. The van der Waals surface area contributed by atoms with E-state index < -0.39 is 0 Å². The fourth-order valence-electron chi connectivity index (χ4n) is 3.69. The summed E-state index contributed by atoms with van der Waals surface area (Å²) in [5, 5.41) is 0. The Bertz CT molecular complexity index is 549. The maximum absolute atomic E-state index is 12.4. The second kappa shape index (κ2) is 8.22. The summed E-state index contributed by atoms with van der Waals surface area (Å²) in [5.41, 5.74) is 0.370. The number of rotatable bonds is 4. The molecule has 6 nitrogen and oxygen atoms in total. The van der Waals surface area contributed by atoms with Crippen LogP contribution in [0.2, 0.25) is 0 Å². The molecule has 24 heavy (non-hydrogen) atoms. The van der Waals surface area contributed by atoms with E-state index in [4.69, 9.17) is 0 Å². The third kappa shape index (κ3) is 4.30. The molecule has 1 saturated heterocycles. The Morgan fingerprint density at radius 3 is 2.38 bits per heavy atom. The van der Waals surface area contributed by atoms with Gasteiger partial charge in [-0.1, -0.05) is 32.1 Å². The van der Waals surface area contributed by atoms with Gasteiger partial charge in [-0.15, -0.1) is 0 Å². The van der Waals surface area contributed by atoms with E-state index in [9.17, 15) is 9.59 Å². The van der Waals surface area contributed by atoms with E-state index >= 15 is 0 Å². The van der Waals surface area contributed by atoms with Crippen LogP contribution in [0.15, 0.2) is 18.6 Å². The first-order valence-electron chi connectivity index (χ1n) is 9.07. The molecule has 0 unspecified atom stereocenters. The van der Waals surface area contributed by atoms with Gasteiger partial charge in [0.25, 0.3) is 5.91 Å². The zero-order chi connectivity index (χ0) is 16.8. The molecule has 0 radical (unpaired) electrons. The summed E-state index contributed by atoms with van der Waals surface area (Å²) in [6.07, 6.45) is 12.8. The summed E-state index contributed by atoms with van der Waals surface area (Å²) in [4.78, 5) is 36.4. The Morgan fingerprint density at radius 1 is 1.00 bits per heavy atom. The van der Waals surface area contributed by atoms with Crippen LogP contribution in [0.25, 0.3) is 0 Å². The first-order chi connectivity index (χ1) is 11.7. The molecule has 2 heterocycles. The summed E-state index contributed by atoms with van der Waals surface area (Å²) < 4.78 is 0. The van der Waals surface area contributed by atoms with Gasteiger partial charge in [-0.2, -0.15) is 0 Å². The second-order valence-corrected chi connectivity index (χ2v) is 6.81. The van der Waals surface area contributed by atoms with Crippen molar-refractivity contribution in [2.24, 2.45) is 5.92 Å². The first-order valence-corrected chi connectivity index (χ1v) is 9.07. The van der Waals surface area contributed by atoms with Crippen LogP contribution >= 0.6 is 0 Å². The number of nitrogens with zero attached hydrogens (tertiary/aromatic N) is 4. The highest BCUT2D eigenvalue weighted by Gasteiger charge is 2.26. The zero-order valence-corrected chi connectivity index (χ0v) is 14.2. The van der Waals surface area contributed by atoms with Crippen molar-refractivity contribution >= 4 is 11.8 Å². The van der Waals surface area contributed by atoms with Crippen molar-refractivity contribution in [3.05, 3.63) is 24.3 Å². The average molecular weight is 330 g/mol. The Labute approximate surface area is 143 Å². The highest BCUT2D eigenvalue weighted by Crippen LogP contribution is 2.27. The fourth-order valence-corrected chi connectivity index (χ4v) is 3.69. The van der Waals surface area contributed by atoms with Crippen molar-refractivity contribution in [1.82, 2.24) is 19.8 Å². The minimum Gasteiger partial charge on any atom is -0.339 e. The molecule has 0 aromatic carbocycles. The molecule has 0 N–H and O–H groups in total. The van der Waals surface area contributed by atoms with E-state index in [1.165, 1.54) is 44.5 Å². The molecule has 2 fully saturated rings. The van der Waals surface area contributed by atoms with E-state index in [0.29, 0.717) is 38.3 Å². The minimum atomic E-state index is -0.0996. The lowest BCUT2D eigenvalue weighted by atomic mass is 9.86. The highest BCUT2D eigenvalue weighted by atomic mass is 16.2. The van der Waals surface area contributed by atoms with Crippen LogP contribution in [0.3, 0.4) is 0 Å². The molecule has 1 saturated carbocycles. The molecule has 6 heteroatoms. The maximum Gasteiger partial charge on any atom is 0.274 e. The molecular formula is C18H26N4O2. The van der Waals surface area contributed by atoms with Crippen LogP contribution in [0.4, 0.5) is 0 Å². The molecule has 0 bridgehead atoms. The molecule has 0 atom stereocenters. The van der Waals surface area contributed by atoms with Crippen molar-refractivity contribution in [3.8, 4) is 0 Å². The normalized spacial score (nSPS) is 19.3. The standard InChI is InChI=1S/C18H26N4O2/c23-17(7-6-15-4-2-1-3-5-15)21-10-12-22(13-11-21)18(24)16-14-19-8-9-20-16/h8-9,14-15H,1-7,10-13H2. The third-order valence-electron chi connectivity index (χ3n) is 5.19. The molecule has 1 aliphatic heterocycles. The highest BCUT2D eigenvalue weighted by molar-refractivity contribution is 5.92. The fraction of sp³-hybridized carbons (Fsp3) is 0.667. The predicted molar refractivity (Wildman–Crippen MR) is 90.3 cm³/mol. The van der Waals surface area contributed by atoms with Gasteiger partial charge in [0.2, 0.25) is 5.91 Å². The van der Waals surface area contributed by atoms with Crippen molar-refractivity contribution < 1.29 is 9.59 Å². The van der Waals surface area contributed by atoms with E-state index in [1.807, 2.05) is 4.90 Å². The second-order valence-electron chi connectivity index (χ2n) is 6.81. The monoisotopic (exact) mass is 330 g/mol. The summed E-state index contributed by atoms with van der Waals surface area (Å²) in [6, 6.07) is 0. The Hall–Kier alpha value is -1.98. The number of hydrogen-bond donors (Lipinski definition) is 0. The van der Waals surface area contributed by atoms with Gasteiger partial charge < -0.3 is 9.80 Å². The molecule has 0 spiro atoms. The van der Waals surface area contributed by atoms with Gasteiger partial charge in [0.1, 0.15) is 5.69 Å². The quantitative estimate of drug-likeness (QED) is 0.848. The van der Waals surface area contributed by atoms with Crippen LogP contribution in [0, 0.1) is 5.92 Å². The Morgan fingerprint density at radius 2 is 1.71 bits per heavy atom. The van der Waals surface area contributed by atoms with E-state index in [0.717, 1.165) is 12.3 Å². The third-order valence-corrected chi connectivity index (χ3v) is 5.19. The zero-order valence-electron chi connectivity index (χ0n) is 14.2. The lowest BCUT2D eigenvalue weighted by molar-refractivity contribution is -0.133. The number of carbonyl (C=O) groups is 2. The van der Waals surface area contributed by atoms with Crippen LogP contribution in [0.1, 0.15) is 55.4 Å². The maximum atomic E-state index is 12.4. The van der Waals surface area contributed by atoms with Gasteiger partial charge in [-0.25, -0.2) is 4.98 Å². The first kappa shape index (κ1) is 16.9. The molecule has 130 valence electrons. The van der Waals surface area contributed by atoms with Crippen LogP contribution in [0.5, 0.6) is 0 Å². The summed E-state index contributed by atoms with van der Waals surface area (Å²) >= 11 is 0. The Balaban J connectivity index is 1.42. The smallest absolute Gasteiger partial charge is 0.274 e. The largest absolute Gasteiger partial charge is 0.339 e. The SMILES string of the molecule is O=C(CCC1CCCCC1)N1CCN(C(=O)c2cnccn2)CC1. The van der Waals surface area contributed by atoms with Gasteiger partial charge in [-0.05, 0) is 12.3 Å². The molecule has 1 aromatic rings. The van der Waals surface area contributed by atoms with Crippen LogP contribution < -0.4 is 0 Å². The van der Waals surface area contributed by atoms with E-state index in [-0.39, 0.29) is 11.8 Å². The minimum absolute atomic E-state index is 0.0996. The topological polar surface area (TPSA) is 66.4 Å². The lowest BCUT2D eigenvalue weighted by Gasteiger charge is -2.35.